The molecule has 6 nitrogen and oxygen atoms in total. The van der Waals surface area contributed by atoms with Crippen LogP contribution in [-0.2, 0) is 24.4 Å². The molecule has 0 N–H and O–H groups in total. The molecule has 142 valence electrons. The van der Waals surface area contributed by atoms with E-state index in [1.165, 1.54) is 5.56 Å². The Kier molecular flexibility index (Phi) is 5.77. The molecular weight excluding hydrogens is 338 g/mol. The number of piperazine rings is 1. The summed E-state index contributed by atoms with van der Waals surface area (Å²) in [5.41, 5.74) is 3.11. The minimum atomic E-state index is 0.634. The molecule has 0 atom stereocenters. The number of hydrogen-bond acceptors (Lipinski definition) is 5. The van der Waals surface area contributed by atoms with Crippen molar-refractivity contribution in [1.29, 1.82) is 0 Å². The number of imidazole rings is 1. The van der Waals surface area contributed by atoms with Crippen LogP contribution < -0.4 is 0 Å². The minimum absolute atomic E-state index is 0.634. The molecule has 0 unspecified atom stereocenters. The Morgan fingerprint density at radius 1 is 1.00 bits per heavy atom. The summed E-state index contributed by atoms with van der Waals surface area (Å²) >= 11 is 0. The first-order valence-electron chi connectivity index (χ1n) is 9.62. The molecule has 1 saturated heterocycles. The minimum Gasteiger partial charge on any atom is -0.375 e. The number of nitrogens with zero attached hydrogens (tertiary/aromatic N) is 5. The maximum atomic E-state index is 5.90. The smallest absolute Gasteiger partial charge is 0.160 e. The van der Waals surface area contributed by atoms with E-state index in [4.69, 9.17) is 9.72 Å². The number of benzene rings is 1. The topological polar surface area (TPSA) is 46.4 Å². The van der Waals surface area contributed by atoms with Crippen LogP contribution in [0.4, 0.5) is 0 Å². The summed E-state index contributed by atoms with van der Waals surface area (Å²) in [5, 5.41) is 0. The van der Waals surface area contributed by atoms with Crippen molar-refractivity contribution in [2.75, 3.05) is 39.8 Å². The van der Waals surface area contributed by atoms with Gasteiger partial charge in [0, 0.05) is 38.9 Å². The van der Waals surface area contributed by atoms with Gasteiger partial charge in [-0.3, -0.25) is 4.90 Å². The van der Waals surface area contributed by atoms with E-state index < -0.39 is 0 Å². The van der Waals surface area contributed by atoms with Gasteiger partial charge in [0.05, 0.1) is 19.8 Å². The Labute approximate surface area is 160 Å². The van der Waals surface area contributed by atoms with Crippen LogP contribution in [0.2, 0.25) is 0 Å². The number of likely N-dealkylation sites (N-methyl/N-ethyl adjacent to an activating group) is 1. The van der Waals surface area contributed by atoms with Crippen LogP contribution >= 0.6 is 0 Å². The Morgan fingerprint density at radius 2 is 1.81 bits per heavy atom. The first kappa shape index (κ1) is 18.1. The average Bonchev–Trinajstić information content (AvgIpc) is 3.05. The van der Waals surface area contributed by atoms with Gasteiger partial charge in [0.1, 0.15) is 11.3 Å². The molecule has 4 rings (SSSR count). The van der Waals surface area contributed by atoms with Gasteiger partial charge in [-0.1, -0.05) is 30.3 Å². The van der Waals surface area contributed by atoms with Crippen molar-refractivity contribution in [3.05, 3.63) is 60.0 Å². The highest BCUT2D eigenvalue weighted by atomic mass is 16.5. The first-order valence-corrected chi connectivity index (χ1v) is 9.62. The zero-order valence-corrected chi connectivity index (χ0v) is 15.9. The third-order valence-corrected chi connectivity index (χ3v) is 5.11. The van der Waals surface area contributed by atoms with E-state index in [0.717, 1.165) is 56.3 Å². The summed E-state index contributed by atoms with van der Waals surface area (Å²) in [5.74, 6) is 1.08. The Hall–Kier alpha value is -2.28. The zero-order valence-electron chi connectivity index (χ0n) is 15.9. The van der Waals surface area contributed by atoms with Crippen LogP contribution in [0, 0.1) is 0 Å². The van der Waals surface area contributed by atoms with E-state index in [2.05, 4.69) is 38.5 Å². The van der Waals surface area contributed by atoms with E-state index in [-0.39, 0.29) is 0 Å². The van der Waals surface area contributed by atoms with E-state index >= 15 is 0 Å². The van der Waals surface area contributed by atoms with Crippen molar-refractivity contribution >= 4 is 11.2 Å². The fraction of sp³-hybridized carbons (Fsp3) is 0.429. The molecule has 6 heteroatoms. The van der Waals surface area contributed by atoms with Gasteiger partial charge >= 0.3 is 0 Å². The molecule has 0 saturated carbocycles. The number of pyridine rings is 1. The molecule has 27 heavy (non-hydrogen) atoms. The largest absolute Gasteiger partial charge is 0.375 e. The maximum absolute atomic E-state index is 5.90. The molecule has 0 aliphatic carbocycles. The van der Waals surface area contributed by atoms with Gasteiger partial charge in [-0.15, -0.1) is 0 Å². The van der Waals surface area contributed by atoms with Crippen LogP contribution in [0.1, 0.15) is 11.4 Å². The summed E-state index contributed by atoms with van der Waals surface area (Å²) < 4.78 is 8.13. The van der Waals surface area contributed by atoms with Crippen molar-refractivity contribution in [2.45, 2.75) is 19.7 Å². The highest BCUT2D eigenvalue weighted by molar-refractivity contribution is 5.71. The van der Waals surface area contributed by atoms with Crippen molar-refractivity contribution in [3.63, 3.8) is 0 Å². The van der Waals surface area contributed by atoms with Crippen LogP contribution in [0.25, 0.3) is 11.2 Å². The second-order valence-corrected chi connectivity index (χ2v) is 7.14. The molecule has 3 heterocycles. The Morgan fingerprint density at radius 3 is 2.63 bits per heavy atom. The normalized spacial score (nSPS) is 16.2. The van der Waals surface area contributed by atoms with E-state index in [9.17, 15) is 0 Å². The van der Waals surface area contributed by atoms with Gasteiger partial charge in [-0.25, -0.2) is 9.97 Å². The lowest BCUT2D eigenvalue weighted by Crippen LogP contribution is -2.44. The molecule has 1 fully saturated rings. The van der Waals surface area contributed by atoms with Crippen molar-refractivity contribution < 1.29 is 4.74 Å². The summed E-state index contributed by atoms with van der Waals surface area (Å²) in [6.45, 7) is 7.29. The predicted molar refractivity (Wildman–Crippen MR) is 106 cm³/mol. The fourth-order valence-electron chi connectivity index (χ4n) is 3.49. The SMILES string of the molecule is CN1CCN(Cc2nc3cccnc3n2CCOCc2ccccc2)CC1. The summed E-state index contributed by atoms with van der Waals surface area (Å²) in [7, 11) is 2.18. The average molecular weight is 365 g/mol. The van der Waals surface area contributed by atoms with E-state index in [1.807, 2.05) is 36.5 Å². The molecule has 1 aromatic carbocycles. The number of hydrogen-bond donors (Lipinski definition) is 0. The van der Waals surface area contributed by atoms with Gasteiger partial charge in [0.15, 0.2) is 5.65 Å². The third-order valence-electron chi connectivity index (χ3n) is 5.11. The van der Waals surface area contributed by atoms with E-state index in [0.29, 0.717) is 13.2 Å². The number of ether oxygens (including phenoxy) is 1. The molecule has 1 aliphatic heterocycles. The van der Waals surface area contributed by atoms with Crippen LogP contribution in [0.5, 0.6) is 0 Å². The molecule has 0 radical (unpaired) electrons. The molecule has 0 bridgehead atoms. The number of fused-ring (bicyclic) bond motifs is 1. The predicted octanol–water partition coefficient (Wildman–Crippen LogP) is 2.40. The lowest BCUT2D eigenvalue weighted by Gasteiger charge is -2.32. The van der Waals surface area contributed by atoms with Gasteiger partial charge in [0.25, 0.3) is 0 Å². The lowest BCUT2D eigenvalue weighted by atomic mass is 10.2. The zero-order chi connectivity index (χ0) is 18.5. The van der Waals surface area contributed by atoms with Crippen molar-refractivity contribution in [2.24, 2.45) is 0 Å². The number of rotatable bonds is 7. The standard InChI is InChI=1S/C21H27N5O/c1-24-10-12-25(13-11-24)16-20-23-19-8-5-9-22-21(19)26(20)14-15-27-17-18-6-3-2-4-7-18/h2-9H,10-17H2,1H3. The Bertz CT molecular complexity index is 855. The summed E-state index contributed by atoms with van der Waals surface area (Å²) in [4.78, 5) is 14.3. The molecule has 0 spiro atoms. The van der Waals surface area contributed by atoms with Crippen LogP contribution in [0.15, 0.2) is 48.7 Å². The van der Waals surface area contributed by atoms with Gasteiger partial charge in [-0.2, -0.15) is 0 Å². The molecular formula is C21H27N5O. The second kappa shape index (κ2) is 8.61. The lowest BCUT2D eigenvalue weighted by molar-refractivity contribution is 0.111. The van der Waals surface area contributed by atoms with Gasteiger partial charge in [0.2, 0.25) is 0 Å². The Balaban J connectivity index is 1.43. The monoisotopic (exact) mass is 365 g/mol. The van der Waals surface area contributed by atoms with Gasteiger partial charge in [-0.05, 0) is 24.7 Å². The summed E-state index contributed by atoms with van der Waals surface area (Å²) in [6, 6.07) is 14.3. The number of aromatic nitrogens is 3. The first-order chi connectivity index (χ1) is 13.3. The van der Waals surface area contributed by atoms with Crippen molar-refractivity contribution in [1.82, 2.24) is 24.3 Å². The summed E-state index contributed by atoms with van der Waals surface area (Å²) in [6.07, 6.45) is 1.84. The van der Waals surface area contributed by atoms with E-state index in [1.54, 1.807) is 0 Å². The van der Waals surface area contributed by atoms with Crippen LogP contribution in [-0.4, -0.2) is 64.2 Å². The molecule has 2 aromatic heterocycles. The fourth-order valence-corrected chi connectivity index (χ4v) is 3.49. The van der Waals surface area contributed by atoms with Gasteiger partial charge < -0.3 is 14.2 Å². The highest BCUT2D eigenvalue weighted by Gasteiger charge is 2.18. The molecule has 3 aromatic rings. The highest BCUT2D eigenvalue weighted by Crippen LogP contribution is 2.16. The maximum Gasteiger partial charge on any atom is 0.160 e. The van der Waals surface area contributed by atoms with Crippen LogP contribution in [0.3, 0.4) is 0 Å². The third kappa shape index (κ3) is 4.53. The molecule has 1 aliphatic rings. The molecule has 0 amide bonds. The van der Waals surface area contributed by atoms with Crippen molar-refractivity contribution in [3.8, 4) is 0 Å². The second-order valence-electron chi connectivity index (χ2n) is 7.14. The quantitative estimate of drug-likeness (QED) is 0.602.